The SMILES string of the molecule is O=C(CCN1CCSC1=O)NCC(O)c1ccccc1C(F)(F)F. The summed E-state index contributed by atoms with van der Waals surface area (Å²) < 4.78 is 38.7. The lowest BCUT2D eigenvalue weighted by Gasteiger charge is -2.18. The molecule has 0 radical (unpaired) electrons. The number of aliphatic hydroxyl groups is 1. The molecule has 1 heterocycles. The van der Waals surface area contributed by atoms with Gasteiger partial charge in [-0.15, -0.1) is 0 Å². The van der Waals surface area contributed by atoms with Crippen molar-refractivity contribution in [1.82, 2.24) is 10.2 Å². The van der Waals surface area contributed by atoms with Crippen LogP contribution in [0.3, 0.4) is 0 Å². The third kappa shape index (κ3) is 4.88. The molecule has 2 amide bonds. The normalized spacial score (nSPS) is 16.3. The maximum Gasteiger partial charge on any atom is 0.416 e. The Balaban J connectivity index is 1.86. The van der Waals surface area contributed by atoms with Gasteiger partial charge in [-0.25, -0.2) is 0 Å². The van der Waals surface area contributed by atoms with Crippen molar-refractivity contribution in [2.75, 3.05) is 25.4 Å². The summed E-state index contributed by atoms with van der Waals surface area (Å²) >= 11 is 1.19. The standard InChI is InChI=1S/C15H17F3N2O3S/c16-15(17,18)11-4-2-1-3-10(11)12(21)9-19-13(22)5-6-20-7-8-24-14(20)23/h1-4,12,21H,5-9H2,(H,19,22). The highest BCUT2D eigenvalue weighted by molar-refractivity contribution is 8.13. The van der Waals surface area contributed by atoms with Crippen molar-refractivity contribution < 1.29 is 27.9 Å². The van der Waals surface area contributed by atoms with E-state index in [1.165, 1.54) is 30.0 Å². The number of alkyl halides is 3. The van der Waals surface area contributed by atoms with E-state index in [0.717, 1.165) is 6.07 Å². The minimum Gasteiger partial charge on any atom is -0.387 e. The van der Waals surface area contributed by atoms with Crippen molar-refractivity contribution in [2.45, 2.75) is 18.7 Å². The Hall–Kier alpha value is -1.74. The highest BCUT2D eigenvalue weighted by atomic mass is 32.2. The van der Waals surface area contributed by atoms with Gasteiger partial charge in [-0.05, 0) is 11.6 Å². The Labute approximate surface area is 141 Å². The zero-order valence-corrected chi connectivity index (χ0v) is 13.5. The van der Waals surface area contributed by atoms with Crippen LogP contribution < -0.4 is 5.32 Å². The number of amides is 2. The Morgan fingerprint density at radius 3 is 2.71 bits per heavy atom. The first-order valence-corrected chi connectivity index (χ1v) is 8.30. The van der Waals surface area contributed by atoms with Crippen LogP contribution in [0.5, 0.6) is 0 Å². The molecular weight excluding hydrogens is 345 g/mol. The maximum atomic E-state index is 12.9. The Morgan fingerprint density at radius 1 is 1.38 bits per heavy atom. The lowest BCUT2D eigenvalue weighted by Crippen LogP contribution is -2.33. The second-order valence-electron chi connectivity index (χ2n) is 5.26. The molecule has 1 saturated heterocycles. The molecule has 0 aliphatic carbocycles. The molecule has 0 aromatic heterocycles. The summed E-state index contributed by atoms with van der Waals surface area (Å²) in [5.41, 5.74) is -1.21. The van der Waals surface area contributed by atoms with Crippen LogP contribution in [0.2, 0.25) is 0 Å². The van der Waals surface area contributed by atoms with E-state index < -0.39 is 23.8 Å². The van der Waals surface area contributed by atoms with Crippen LogP contribution in [-0.4, -0.2) is 46.5 Å². The second kappa shape index (κ2) is 7.89. The third-order valence-corrected chi connectivity index (χ3v) is 4.46. The fourth-order valence-corrected chi connectivity index (χ4v) is 3.17. The molecule has 1 aliphatic heterocycles. The highest BCUT2D eigenvalue weighted by Gasteiger charge is 2.34. The zero-order valence-electron chi connectivity index (χ0n) is 12.7. The third-order valence-electron chi connectivity index (χ3n) is 3.57. The van der Waals surface area contributed by atoms with Gasteiger partial charge < -0.3 is 15.3 Å². The van der Waals surface area contributed by atoms with E-state index in [9.17, 15) is 27.9 Å². The van der Waals surface area contributed by atoms with Crippen LogP contribution in [0, 0.1) is 0 Å². The van der Waals surface area contributed by atoms with Gasteiger partial charge in [0.25, 0.3) is 5.24 Å². The smallest absolute Gasteiger partial charge is 0.387 e. The summed E-state index contributed by atoms with van der Waals surface area (Å²) in [6.45, 7) is 0.514. The topological polar surface area (TPSA) is 69.6 Å². The summed E-state index contributed by atoms with van der Waals surface area (Å²) in [5.74, 6) is 0.260. The summed E-state index contributed by atoms with van der Waals surface area (Å²) in [4.78, 5) is 24.7. The molecule has 1 fully saturated rings. The number of thioether (sulfide) groups is 1. The number of nitrogens with zero attached hydrogens (tertiary/aromatic N) is 1. The number of aliphatic hydroxyl groups excluding tert-OH is 1. The first-order valence-electron chi connectivity index (χ1n) is 7.31. The van der Waals surface area contributed by atoms with Crippen molar-refractivity contribution in [2.24, 2.45) is 0 Å². The quantitative estimate of drug-likeness (QED) is 0.815. The Kier molecular flexibility index (Phi) is 6.11. The zero-order chi connectivity index (χ0) is 17.7. The van der Waals surface area contributed by atoms with Gasteiger partial charge in [-0.3, -0.25) is 9.59 Å². The maximum absolute atomic E-state index is 12.9. The molecule has 0 saturated carbocycles. The molecule has 1 unspecified atom stereocenters. The molecule has 2 N–H and O–H groups in total. The van der Waals surface area contributed by atoms with Gasteiger partial charge in [0.1, 0.15) is 0 Å². The number of nitrogens with one attached hydrogen (secondary N) is 1. The summed E-state index contributed by atoms with van der Waals surface area (Å²) in [5, 5.41) is 12.3. The highest BCUT2D eigenvalue weighted by Crippen LogP contribution is 2.34. The lowest BCUT2D eigenvalue weighted by molar-refractivity contribution is -0.139. The van der Waals surface area contributed by atoms with Gasteiger partial charge >= 0.3 is 6.18 Å². The molecule has 0 spiro atoms. The number of benzene rings is 1. The number of hydrogen-bond donors (Lipinski definition) is 2. The molecule has 9 heteroatoms. The molecule has 2 rings (SSSR count). The van der Waals surface area contributed by atoms with Gasteiger partial charge in [0.15, 0.2) is 0 Å². The van der Waals surface area contributed by atoms with E-state index in [2.05, 4.69) is 5.32 Å². The molecule has 1 atom stereocenters. The van der Waals surface area contributed by atoms with E-state index >= 15 is 0 Å². The lowest BCUT2D eigenvalue weighted by atomic mass is 10.0. The predicted octanol–water partition coefficient (Wildman–Crippen LogP) is 2.41. The van der Waals surface area contributed by atoms with Crippen molar-refractivity contribution >= 4 is 22.9 Å². The summed E-state index contributed by atoms with van der Waals surface area (Å²) in [7, 11) is 0. The molecule has 1 aromatic carbocycles. The van der Waals surface area contributed by atoms with Crippen LogP contribution >= 0.6 is 11.8 Å². The minimum atomic E-state index is -4.57. The van der Waals surface area contributed by atoms with E-state index in [4.69, 9.17) is 0 Å². The fraction of sp³-hybridized carbons (Fsp3) is 0.467. The molecule has 0 bridgehead atoms. The van der Waals surface area contributed by atoms with Gasteiger partial charge in [-0.1, -0.05) is 30.0 Å². The summed E-state index contributed by atoms with van der Waals surface area (Å²) in [6, 6.07) is 4.70. The van der Waals surface area contributed by atoms with Gasteiger partial charge in [0.05, 0.1) is 11.7 Å². The Bertz CT molecular complexity index is 610. The number of carbonyl (C=O) groups is 2. The van der Waals surface area contributed by atoms with Crippen molar-refractivity contribution in [3.8, 4) is 0 Å². The number of hydrogen-bond acceptors (Lipinski definition) is 4. The van der Waals surface area contributed by atoms with Gasteiger partial charge in [0.2, 0.25) is 5.91 Å². The van der Waals surface area contributed by atoms with Gasteiger partial charge in [0, 0.05) is 31.8 Å². The average Bonchev–Trinajstić information content (AvgIpc) is 2.95. The minimum absolute atomic E-state index is 0.0416. The monoisotopic (exact) mass is 362 g/mol. The second-order valence-corrected chi connectivity index (χ2v) is 6.30. The molecule has 132 valence electrons. The largest absolute Gasteiger partial charge is 0.416 e. The number of carbonyl (C=O) groups excluding carboxylic acids is 2. The molecule has 1 aromatic rings. The van der Waals surface area contributed by atoms with Gasteiger partial charge in [-0.2, -0.15) is 13.2 Å². The van der Waals surface area contributed by atoms with Crippen LogP contribution in [0.1, 0.15) is 23.7 Å². The number of halogens is 3. The fourth-order valence-electron chi connectivity index (χ4n) is 2.32. The van der Waals surface area contributed by atoms with E-state index in [1.807, 2.05) is 0 Å². The molecule has 1 aliphatic rings. The molecular formula is C15H17F3N2O3S. The van der Waals surface area contributed by atoms with Crippen LogP contribution in [-0.2, 0) is 11.0 Å². The van der Waals surface area contributed by atoms with E-state index in [1.54, 1.807) is 4.90 Å². The van der Waals surface area contributed by atoms with Crippen molar-refractivity contribution in [3.05, 3.63) is 35.4 Å². The first kappa shape index (κ1) is 18.6. The summed E-state index contributed by atoms with van der Waals surface area (Å²) in [6.07, 6.45) is -5.99. The predicted molar refractivity (Wildman–Crippen MR) is 83.5 cm³/mol. The van der Waals surface area contributed by atoms with Crippen LogP contribution in [0.4, 0.5) is 18.0 Å². The molecule has 24 heavy (non-hydrogen) atoms. The average molecular weight is 362 g/mol. The first-order chi connectivity index (χ1) is 11.3. The van der Waals surface area contributed by atoms with E-state index in [0.29, 0.717) is 12.3 Å². The number of rotatable bonds is 6. The van der Waals surface area contributed by atoms with Crippen molar-refractivity contribution in [3.63, 3.8) is 0 Å². The molecule has 5 nitrogen and oxygen atoms in total. The van der Waals surface area contributed by atoms with E-state index in [-0.39, 0.29) is 30.3 Å². The Morgan fingerprint density at radius 2 is 2.08 bits per heavy atom. The van der Waals surface area contributed by atoms with Crippen molar-refractivity contribution in [1.29, 1.82) is 0 Å². The van der Waals surface area contributed by atoms with Crippen LogP contribution in [0.25, 0.3) is 0 Å². The van der Waals surface area contributed by atoms with Crippen LogP contribution in [0.15, 0.2) is 24.3 Å².